The normalized spacial score (nSPS) is 15.2. The minimum atomic E-state index is -6.93. The van der Waals surface area contributed by atoms with Crippen molar-refractivity contribution in [1.82, 2.24) is 0 Å². The molecule has 0 atom stereocenters. The van der Waals surface area contributed by atoms with Crippen molar-refractivity contribution in [1.29, 1.82) is 0 Å². The number of hydrogen-bond donors (Lipinski definition) is 1. The van der Waals surface area contributed by atoms with Crippen LogP contribution in [0.1, 0.15) is 11.1 Å². The Balaban J connectivity index is 3.67. The fraction of sp³-hybridized carbons (Fsp3) is 0.500. The molecule has 0 aliphatic rings. The second kappa shape index (κ2) is 6.02. The molecule has 1 aromatic carbocycles. The lowest BCUT2D eigenvalue weighted by molar-refractivity contribution is -0.361. The second-order valence-corrected chi connectivity index (χ2v) is 5.10. The van der Waals surface area contributed by atoms with Crippen LogP contribution in [-0.2, 0) is 11.8 Å². The van der Waals surface area contributed by atoms with Crippen molar-refractivity contribution < 1.29 is 61.5 Å². The van der Waals surface area contributed by atoms with E-state index in [0.717, 1.165) is 0 Å². The molecule has 0 aromatic heterocycles. The van der Waals surface area contributed by atoms with E-state index < -0.39 is 58.9 Å². The highest BCUT2D eigenvalue weighted by Gasteiger charge is 2.75. The molecule has 0 heterocycles. The van der Waals surface area contributed by atoms with Gasteiger partial charge in [-0.1, -0.05) is 6.07 Å². The van der Waals surface area contributed by atoms with Gasteiger partial charge in [0.2, 0.25) is 0 Å². The largest absolute Gasteiger partial charge is 0.460 e. The van der Waals surface area contributed by atoms with Gasteiger partial charge in [0.1, 0.15) is 0 Å². The molecule has 1 aromatic rings. The molecule has 0 saturated carbocycles. The van der Waals surface area contributed by atoms with E-state index in [4.69, 9.17) is 5.73 Å². The van der Waals surface area contributed by atoms with Gasteiger partial charge >= 0.3 is 36.0 Å². The first-order chi connectivity index (χ1) is 11.6. The maximum atomic E-state index is 13.6. The minimum absolute atomic E-state index is 0.231. The van der Waals surface area contributed by atoms with E-state index in [1.54, 1.807) is 0 Å². The van der Waals surface area contributed by atoms with Crippen LogP contribution in [-0.4, -0.2) is 24.2 Å². The molecular weight excluding hydrogens is 424 g/mol. The summed E-state index contributed by atoms with van der Waals surface area (Å²) in [5.41, 5.74) is -2.28. The van der Waals surface area contributed by atoms with Crippen molar-refractivity contribution >= 4 is 5.69 Å². The predicted octanol–water partition coefficient (Wildman–Crippen LogP) is 5.85. The summed E-state index contributed by atoms with van der Waals surface area (Å²) in [4.78, 5) is 0. The number of benzene rings is 1. The smallest absolute Gasteiger partial charge is 0.398 e. The Hall–Kier alpha value is -1.96. The summed E-state index contributed by atoms with van der Waals surface area (Å²) in [6, 6.07) is -1.64. The van der Waals surface area contributed by atoms with Gasteiger partial charge in [0.25, 0.3) is 0 Å². The van der Waals surface area contributed by atoms with Gasteiger partial charge < -0.3 is 5.73 Å². The predicted molar refractivity (Wildman–Crippen MR) is 60.6 cm³/mol. The zero-order chi connectivity index (χ0) is 21.9. The topological polar surface area (TPSA) is 26.0 Å². The van der Waals surface area contributed by atoms with Crippen LogP contribution in [0.4, 0.5) is 67.2 Å². The first kappa shape index (κ1) is 23.1. The first-order valence-corrected chi connectivity index (χ1v) is 6.17. The number of halogens is 14. The van der Waals surface area contributed by atoms with E-state index in [0.29, 0.717) is 0 Å². The lowest BCUT2D eigenvalue weighted by Gasteiger charge is -2.31. The molecule has 0 radical (unpaired) electrons. The molecule has 156 valence electrons. The number of nitrogen functional groups attached to an aromatic ring is 1. The molecule has 0 spiro atoms. The third kappa shape index (κ3) is 3.35. The molecule has 0 unspecified atom stereocenters. The molecule has 0 amide bonds. The average Bonchev–Trinajstić information content (AvgIpc) is 2.44. The maximum absolute atomic E-state index is 13.6. The van der Waals surface area contributed by atoms with Gasteiger partial charge in [-0.25, -0.2) is 0 Å². The molecule has 0 aliphatic heterocycles. The lowest BCUT2D eigenvalue weighted by atomic mass is 9.93. The Bertz CT molecular complexity index is 699. The highest BCUT2D eigenvalue weighted by molar-refractivity contribution is 5.53. The van der Waals surface area contributed by atoms with Gasteiger partial charge in [-0.05, 0) is 12.1 Å². The van der Waals surface area contributed by atoms with Crippen LogP contribution in [0.3, 0.4) is 0 Å². The van der Waals surface area contributed by atoms with Crippen molar-refractivity contribution in [2.75, 3.05) is 5.73 Å². The Morgan fingerprint density at radius 3 is 1.30 bits per heavy atom. The van der Waals surface area contributed by atoms with Crippen LogP contribution in [0.15, 0.2) is 18.2 Å². The monoisotopic (exact) mass is 429 g/mol. The zero-order valence-corrected chi connectivity index (χ0v) is 12.1. The molecule has 0 saturated heterocycles. The van der Waals surface area contributed by atoms with E-state index in [2.05, 4.69) is 0 Å². The summed E-state index contributed by atoms with van der Waals surface area (Å²) in [5, 5.41) is 0. The SMILES string of the molecule is Nc1ccc(C(F)(F)C(F)(F)C(F)(F)F)cc1C(F)(F)C(F)(F)C(F)(F)F. The van der Waals surface area contributed by atoms with Gasteiger partial charge in [-0.2, -0.15) is 61.5 Å². The maximum Gasteiger partial charge on any atom is 0.460 e. The third-order valence-corrected chi connectivity index (χ3v) is 3.25. The van der Waals surface area contributed by atoms with Gasteiger partial charge in [0.15, 0.2) is 0 Å². The number of alkyl halides is 14. The summed E-state index contributed by atoms with van der Waals surface area (Å²) in [7, 11) is 0. The highest BCUT2D eigenvalue weighted by Crippen LogP contribution is 2.55. The van der Waals surface area contributed by atoms with Gasteiger partial charge in [0.05, 0.1) is 5.56 Å². The summed E-state index contributed by atoms with van der Waals surface area (Å²) >= 11 is 0. The molecule has 1 rings (SSSR count). The highest BCUT2D eigenvalue weighted by atomic mass is 19.4. The molecular formula is C12H5F14N. The van der Waals surface area contributed by atoms with Crippen molar-refractivity contribution in [2.24, 2.45) is 0 Å². The minimum Gasteiger partial charge on any atom is -0.398 e. The van der Waals surface area contributed by atoms with Crippen LogP contribution < -0.4 is 5.73 Å². The first-order valence-electron chi connectivity index (χ1n) is 6.17. The van der Waals surface area contributed by atoms with Gasteiger partial charge in [0, 0.05) is 11.3 Å². The Labute approximate surface area is 139 Å². The van der Waals surface area contributed by atoms with E-state index >= 15 is 0 Å². The molecule has 15 heteroatoms. The Morgan fingerprint density at radius 1 is 0.556 bits per heavy atom. The number of hydrogen-bond acceptors (Lipinski definition) is 1. The average molecular weight is 429 g/mol. The van der Waals surface area contributed by atoms with E-state index in [1.807, 2.05) is 0 Å². The molecule has 1 nitrogen and oxygen atoms in total. The van der Waals surface area contributed by atoms with Crippen molar-refractivity contribution in [3.05, 3.63) is 29.3 Å². The van der Waals surface area contributed by atoms with Crippen LogP contribution >= 0.6 is 0 Å². The van der Waals surface area contributed by atoms with Gasteiger partial charge in [-0.3, -0.25) is 0 Å². The fourth-order valence-electron chi connectivity index (χ4n) is 1.73. The standard InChI is InChI=1S/C12H5F14N/c13-7(14,9(17,18)11(21,22)23)4-1-2-6(27)5(3-4)8(15,16)10(19,20)12(24,25)26/h1-3H,27H2. The molecule has 0 fully saturated rings. The summed E-state index contributed by atoms with van der Waals surface area (Å²) in [6.45, 7) is 0. The Kier molecular flexibility index (Phi) is 5.15. The van der Waals surface area contributed by atoms with E-state index in [-0.39, 0.29) is 12.1 Å². The van der Waals surface area contributed by atoms with Crippen LogP contribution in [0.25, 0.3) is 0 Å². The van der Waals surface area contributed by atoms with Crippen LogP contribution in [0.2, 0.25) is 0 Å². The van der Waals surface area contributed by atoms with Crippen molar-refractivity contribution in [3.63, 3.8) is 0 Å². The summed E-state index contributed by atoms with van der Waals surface area (Å²) < 4.78 is 179. The van der Waals surface area contributed by atoms with Crippen molar-refractivity contribution in [2.45, 2.75) is 36.0 Å². The molecule has 27 heavy (non-hydrogen) atoms. The Morgan fingerprint density at radius 2 is 0.926 bits per heavy atom. The molecule has 0 aliphatic carbocycles. The van der Waals surface area contributed by atoms with E-state index in [9.17, 15) is 61.5 Å². The second-order valence-electron chi connectivity index (χ2n) is 5.10. The molecule has 2 N–H and O–H groups in total. The summed E-state index contributed by atoms with van der Waals surface area (Å²) in [5.74, 6) is -26.4. The van der Waals surface area contributed by atoms with Gasteiger partial charge in [-0.15, -0.1) is 0 Å². The van der Waals surface area contributed by atoms with Crippen LogP contribution in [0.5, 0.6) is 0 Å². The number of anilines is 1. The van der Waals surface area contributed by atoms with Crippen LogP contribution in [0, 0.1) is 0 Å². The molecule has 0 bridgehead atoms. The number of rotatable bonds is 4. The fourth-order valence-corrected chi connectivity index (χ4v) is 1.73. The third-order valence-electron chi connectivity index (χ3n) is 3.25. The zero-order valence-electron chi connectivity index (χ0n) is 12.1. The quantitative estimate of drug-likeness (QED) is 0.472. The lowest BCUT2D eigenvalue weighted by Crippen LogP contribution is -2.51. The number of nitrogens with two attached hydrogens (primary N) is 1. The van der Waals surface area contributed by atoms with Crippen molar-refractivity contribution in [3.8, 4) is 0 Å². The van der Waals surface area contributed by atoms with E-state index in [1.165, 1.54) is 0 Å². The summed E-state index contributed by atoms with van der Waals surface area (Å²) in [6.07, 6.45) is -13.8.